The molecule has 1 aromatic carbocycles. The number of hydrogen-bond donors (Lipinski definition) is 4. The zero-order valence-corrected chi connectivity index (χ0v) is 18.2. The summed E-state index contributed by atoms with van der Waals surface area (Å²) in [5.74, 6) is -1.45. The highest BCUT2D eigenvalue weighted by Gasteiger charge is 2.51. The first-order chi connectivity index (χ1) is 16.1. The van der Waals surface area contributed by atoms with E-state index in [1.807, 2.05) is 0 Å². The standard InChI is InChI=1S/C21H25F3N6O4/c22-21(23,24)12-34-19-28-15(27-18(29-19)30-20(7-8-20)17(32)33)11-13-3-5-14(6-4-13)16(31)26-10-2-1-9-25/h3-6H,1-2,7-12,25H2,(H,26,31)(H,32,33)(H,27,28,29,30). The normalized spacial score (nSPS) is 14.4. The summed E-state index contributed by atoms with van der Waals surface area (Å²) in [6, 6.07) is 5.99. The Hall–Kier alpha value is -3.48. The summed E-state index contributed by atoms with van der Waals surface area (Å²) in [6.07, 6.45) is -2.25. The molecule has 1 aliphatic rings. The minimum Gasteiger partial charge on any atom is -0.480 e. The average molecular weight is 482 g/mol. The molecule has 0 saturated heterocycles. The maximum Gasteiger partial charge on any atom is 0.422 e. The van der Waals surface area contributed by atoms with E-state index < -0.39 is 30.3 Å². The predicted octanol–water partition coefficient (Wildman–Crippen LogP) is 1.90. The summed E-state index contributed by atoms with van der Waals surface area (Å²) in [4.78, 5) is 35.5. The second-order valence-electron chi connectivity index (χ2n) is 7.90. The van der Waals surface area contributed by atoms with Crippen molar-refractivity contribution in [2.45, 2.75) is 43.8 Å². The summed E-state index contributed by atoms with van der Waals surface area (Å²) in [5, 5.41) is 14.8. The van der Waals surface area contributed by atoms with E-state index in [0.29, 0.717) is 37.1 Å². The number of nitrogens with one attached hydrogen (secondary N) is 2. The summed E-state index contributed by atoms with van der Waals surface area (Å²) >= 11 is 0. The second-order valence-corrected chi connectivity index (χ2v) is 7.90. The van der Waals surface area contributed by atoms with Crippen LogP contribution >= 0.6 is 0 Å². The van der Waals surface area contributed by atoms with Crippen molar-refractivity contribution in [3.63, 3.8) is 0 Å². The number of halogens is 3. The lowest BCUT2D eigenvalue weighted by Crippen LogP contribution is -2.32. The molecule has 10 nitrogen and oxygen atoms in total. The lowest BCUT2D eigenvalue weighted by atomic mass is 10.1. The molecular formula is C21H25F3N6O4. The fraction of sp³-hybridized carbons (Fsp3) is 0.476. The van der Waals surface area contributed by atoms with Crippen molar-refractivity contribution in [3.05, 3.63) is 41.2 Å². The van der Waals surface area contributed by atoms with Gasteiger partial charge >= 0.3 is 18.2 Å². The number of anilines is 1. The van der Waals surface area contributed by atoms with Crippen LogP contribution in [-0.2, 0) is 11.2 Å². The zero-order valence-electron chi connectivity index (χ0n) is 18.2. The van der Waals surface area contributed by atoms with Crippen LogP contribution in [0.2, 0.25) is 0 Å². The molecule has 0 atom stereocenters. The fourth-order valence-electron chi connectivity index (χ4n) is 3.01. The Labute approximate surface area is 193 Å². The van der Waals surface area contributed by atoms with Gasteiger partial charge in [0.25, 0.3) is 5.91 Å². The van der Waals surface area contributed by atoms with E-state index in [0.717, 1.165) is 12.8 Å². The van der Waals surface area contributed by atoms with Crippen molar-refractivity contribution in [2.75, 3.05) is 25.0 Å². The Morgan fingerprint density at radius 1 is 1.12 bits per heavy atom. The molecule has 1 amide bonds. The molecule has 5 N–H and O–H groups in total. The molecule has 184 valence electrons. The van der Waals surface area contributed by atoms with Gasteiger partial charge in [-0.3, -0.25) is 4.79 Å². The highest BCUT2D eigenvalue weighted by molar-refractivity contribution is 5.94. The van der Waals surface area contributed by atoms with Crippen LogP contribution in [0.15, 0.2) is 24.3 Å². The van der Waals surface area contributed by atoms with Crippen molar-refractivity contribution in [3.8, 4) is 6.01 Å². The zero-order chi connectivity index (χ0) is 24.8. The number of carboxylic acids is 1. The first kappa shape index (κ1) is 25.1. The minimum atomic E-state index is -4.60. The van der Waals surface area contributed by atoms with Crippen molar-refractivity contribution in [1.29, 1.82) is 0 Å². The van der Waals surface area contributed by atoms with Crippen LogP contribution in [0.3, 0.4) is 0 Å². The number of nitrogens with zero attached hydrogens (tertiary/aromatic N) is 3. The summed E-state index contributed by atoms with van der Waals surface area (Å²) in [5.41, 5.74) is 5.30. The largest absolute Gasteiger partial charge is 0.480 e. The van der Waals surface area contributed by atoms with E-state index in [4.69, 9.17) is 5.73 Å². The minimum absolute atomic E-state index is 0.0786. The quantitative estimate of drug-likeness (QED) is 0.332. The molecule has 1 heterocycles. The van der Waals surface area contributed by atoms with Crippen molar-refractivity contribution in [1.82, 2.24) is 20.3 Å². The Morgan fingerprint density at radius 2 is 1.82 bits per heavy atom. The number of aromatic nitrogens is 3. The van der Waals surface area contributed by atoms with Crippen LogP contribution in [0.5, 0.6) is 6.01 Å². The molecule has 3 rings (SSSR count). The monoisotopic (exact) mass is 482 g/mol. The molecule has 1 aliphatic carbocycles. The van der Waals surface area contributed by atoms with Gasteiger partial charge in [-0.25, -0.2) is 4.79 Å². The molecular weight excluding hydrogens is 457 g/mol. The Kier molecular flexibility index (Phi) is 7.87. The third-order valence-electron chi connectivity index (χ3n) is 5.03. The maximum absolute atomic E-state index is 12.6. The Balaban J connectivity index is 1.72. The van der Waals surface area contributed by atoms with Crippen molar-refractivity contribution < 1.29 is 32.6 Å². The fourth-order valence-corrected chi connectivity index (χ4v) is 3.01. The molecule has 0 aliphatic heterocycles. The van der Waals surface area contributed by atoms with Crippen molar-refractivity contribution in [2.24, 2.45) is 5.73 Å². The van der Waals surface area contributed by atoms with Gasteiger partial charge in [-0.05, 0) is 49.9 Å². The van der Waals surface area contributed by atoms with Gasteiger partial charge in [-0.15, -0.1) is 0 Å². The molecule has 0 spiro atoms. The molecule has 0 radical (unpaired) electrons. The lowest BCUT2D eigenvalue weighted by Gasteiger charge is -2.14. The topological polar surface area (TPSA) is 152 Å². The van der Waals surface area contributed by atoms with E-state index in [2.05, 4.69) is 30.3 Å². The number of benzene rings is 1. The number of rotatable bonds is 12. The molecule has 1 saturated carbocycles. The van der Waals surface area contributed by atoms with Crippen molar-refractivity contribution >= 4 is 17.8 Å². The number of carbonyl (C=O) groups excluding carboxylic acids is 1. The molecule has 13 heteroatoms. The molecule has 34 heavy (non-hydrogen) atoms. The van der Waals surface area contributed by atoms with Crippen LogP contribution in [0, 0.1) is 0 Å². The van der Waals surface area contributed by atoms with Crippen LogP contribution in [0.4, 0.5) is 19.1 Å². The summed E-state index contributed by atoms with van der Waals surface area (Å²) in [7, 11) is 0. The van der Waals surface area contributed by atoms with Gasteiger partial charge in [0.15, 0.2) is 6.61 Å². The van der Waals surface area contributed by atoms with Gasteiger partial charge < -0.3 is 26.2 Å². The van der Waals surface area contributed by atoms with E-state index in [1.54, 1.807) is 24.3 Å². The van der Waals surface area contributed by atoms with Gasteiger partial charge in [0.2, 0.25) is 5.95 Å². The third-order valence-corrected chi connectivity index (χ3v) is 5.03. The number of carbonyl (C=O) groups is 2. The SMILES string of the molecule is NCCCCNC(=O)c1ccc(Cc2nc(NC3(C(=O)O)CC3)nc(OCC(F)(F)F)n2)cc1. The Morgan fingerprint density at radius 3 is 2.41 bits per heavy atom. The number of carboxylic acid groups (broad SMARTS) is 1. The van der Waals surface area contributed by atoms with Crippen LogP contribution in [-0.4, -0.2) is 63.3 Å². The number of unbranched alkanes of at least 4 members (excludes halogenated alkanes) is 1. The number of ether oxygens (including phenoxy) is 1. The highest BCUT2D eigenvalue weighted by Crippen LogP contribution is 2.38. The van der Waals surface area contributed by atoms with Gasteiger partial charge in [0.05, 0.1) is 0 Å². The lowest BCUT2D eigenvalue weighted by molar-refractivity contribution is -0.154. The molecule has 1 fully saturated rings. The third kappa shape index (κ3) is 7.27. The number of aliphatic carboxylic acids is 1. The molecule has 1 aromatic heterocycles. The summed E-state index contributed by atoms with van der Waals surface area (Å²) in [6.45, 7) is -0.537. The summed E-state index contributed by atoms with van der Waals surface area (Å²) < 4.78 is 42.4. The number of amides is 1. The first-order valence-electron chi connectivity index (χ1n) is 10.6. The number of alkyl halides is 3. The average Bonchev–Trinajstić information content (AvgIpc) is 3.56. The Bertz CT molecular complexity index is 1010. The predicted molar refractivity (Wildman–Crippen MR) is 114 cm³/mol. The van der Waals surface area contributed by atoms with Crippen LogP contribution in [0.1, 0.15) is 47.4 Å². The van der Waals surface area contributed by atoms with E-state index in [-0.39, 0.29) is 24.1 Å². The van der Waals surface area contributed by atoms with Gasteiger partial charge in [-0.1, -0.05) is 12.1 Å². The number of hydrogen-bond acceptors (Lipinski definition) is 8. The van der Waals surface area contributed by atoms with Crippen LogP contribution in [0.25, 0.3) is 0 Å². The molecule has 0 bridgehead atoms. The van der Waals surface area contributed by atoms with Gasteiger partial charge in [0.1, 0.15) is 11.4 Å². The van der Waals surface area contributed by atoms with Crippen LogP contribution < -0.4 is 21.1 Å². The molecule has 2 aromatic rings. The second kappa shape index (κ2) is 10.6. The maximum atomic E-state index is 12.6. The van der Waals surface area contributed by atoms with E-state index in [1.165, 1.54) is 0 Å². The number of nitrogens with two attached hydrogens (primary N) is 1. The van der Waals surface area contributed by atoms with Gasteiger partial charge in [-0.2, -0.15) is 28.1 Å². The van der Waals surface area contributed by atoms with Gasteiger partial charge in [0, 0.05) is 18.5 Å². The highest BCUT2D eigenvalue weighted by atomic mass is 19.4. The first-order valence-corrected chi connectivity index (χ1v) is 10.6. The van der Waals surface area contributed by atoms with E-state index >= 15 is 0 Å². The molecule has 0 unspecified atom stereocenters. The van der Waals surface area contributed by atoms with E-state index in [9.17, 15) is 27.9 Å². The smallest absolute Gasteiger partial charge is 0.422 e.